The minimum atomic E-state index is 0.512. The third-order valence-corrected chi connectivity index (χ3v) is 6.16. The van der Waals surface area contributed by atoms with E-state index in [4.69, 9.17) is 4.74 Å². The number of halogens is 1. The van der Waals surface area contributed by atoms with Gasteiger partial charge in [-0.1, -0.05) is 30.3 Å². The lowest BCUT2D eigenvalue weighted by atomic mass is 10.00. The molecule has 0 radical (unpaired) electrons. The van der Waals surface area contributed by atoms with Gasteiger partial charge in [0.15, 0.2) is 0 Å². The Bertz CT molecular complexity index is 1050. The number of rotatable bonds is 5. The van der Waals surface area contributed by atoms with Gasteiger partial charge in [-0.3, -0.25) is 0 Å². The Hall–Kier alpha value is -1.98. The summed E-state index contributed by atoms with van der Waals surface area (Å²) in [6.07, 6.45) is 4.31. The molecule has 0 fully saturated rings. The van der Waals surface area contributed by atoms with Crippen LogP contribution in [0.4, 0.5) is 0 Å². The second-order valence-corrected chi connectivity index (χ2v) is 8.06. The summed E-state index contributed by atoms with van der Waals surface area (Å²) in [6, 6.07) is 18.6. The van der Waals surface area contributed by atoms with Crippen LogP contribution in [0.2, 0.25) is 0 Å². The number of nitrogens with zero attached hydrogens (tertiary/aromatic N) is 3. The van der Waals surface area contributed by atoms with Crippen LogP contribution in [0.1, 0.15) is 11.1 Å². The second-order valence-electron chi connectivity index (χ2n) is 6.02. The predicted octanol–water partition coefficient (Wildman–Crippen LogP) is 5.78. The van der Waals surface area contributed by atoms with Gasteiger partial charge in [0.1, 0.15) is 6.61 Å². The molecule has 6 heteroatoms. The van der Waals surface area contributed by atoms with Crippen LogP contribution >= 0.6 is 28.4 Å². The molecule has 26 heavy (non-hydrogen) atoms. The predicted molar refractivity (Wildman–Crippen MR) is 116 cm³/mol. The molecule has 0 amide bonds. The number of hydrogen-bond donors (Lipinski definition) is 0. The van der Waals surface area contributed by atoms with Gasteiger partial charge in [-0.25, -0.2) is 9.44 Å². The maximum atomic E-state index is 5.88. The van der Waals surface area contributed by atoms with Crippen molar-refractivity contribution in [3.8, 4) is 17.0 Å². The van der Waals surface area contributed by atoms with Crippen LogP contribution < -0.4 is 4.74 Å². The van der Waals surface area contributed by atoms with E-state index in [0.29, 0.717) is 18.9 Å². The minimum absolute atomic E-state index is 0.512. The zero-order valence-electron chi connectivity index (χ0n) is 14.2. The van der Waals surface area contributed by atoms with E-state index >= 15 is 0 Å². The smallest absolute Gasteiger partial charge is 0.214 e. The van der Waals surface area contributed by atoms with E-state index < -0.39 is 0 Å². The molecule has 2 aromatic carbocycles. The second kappa shape index (κ2) is 7.72. The van der Waals surface area contributed by atoms with Gasteiger partial charge in [0.2, 0.25) is 5.88 Å². The van der Waals surface area contributed by atoms with Crippen molar-refractivity contribution in [1.29, 1.82) is 0 Å². The molecule has 4 nitrogen and oxygen atoms in total. The first-order chi connectivity index (χ1) is 12.7. The van der Waals surface area contributed by atoms with Gasteiger partial charge in [0.25, 0.3) is 0 Å². The molecule has 0 aliphatic rings. The Morgan fingerprint density at radius 3 is 2.77 bits per heavy atom. The molecule has 0 N–H and O–H groups in total. The molecule has 0 spiro atoms. The third-order valence-electron chi connectivity index (χ3n) is 4.27. The highest BCUT2D eigenvalue weighted by atomic mass is 127. The van der Waals surface area contributed by atoms with Gasteiger partial charge in [-0.2, -0.15) is 5.10 Å². The van der Waals surface area contributed by atoms with Crippen LogP contribution in [0.3, 0.4) is 0 Å². The molecule has 0 saturated heterocycles. The van der Waals surface area contributed by atoms with Crippen molar-refractivity contribution in [3.05, 3.63) is 78.1 Å². The molecule has 130 valence electrons. The van der Waals surface area contributed by atoms with Gasteiger partial charge >= 0.3 is 0 Å². The largest absolute Gasteiger partial charge is 0.473 e. The standard InChI is InChI=1S/C20H17IN3OP/c1-14-9-17-12-23-24(26-21)19(17)11-18(14)16-7-8-22-20(10-16)25-13-15-5-3-2-4-6-15/h2-12,26H,13H2,1H3. The van der Waals surface area contributed by atoms with Crippen molar-refractivity contribution in [3.63, 3.8) is 0 Å². The lowest BCUT2D eigenvalue weighted by molar-refractivity contribution is 0.294. The fourth-order valence-corrected chi connectivity index (χ4v) is 4.49. The van der Waals surface area contributed by atoms with Crippen molar-refractivity contribution in [2.24, 2.45) is 0 Å². The van der Waals surface area contributed by atoms with Gasteiger partial charge in [0, 0.05) is 17.6 Å². The van der Waals surface area contributed by atoms with Crippen LogP contribution in [0.5, 0.6) is 5.88 Å². The highest BCUT2D eigenvalue weighted by Crippen LogP contribution is 2.33. The molecule has 1 unspecified atom stereocenters. The maximum Gasteiger partial charge on any atom is 0.214 e. The SMILES string of the molecule is Cc1cc2cnn(PI)c2cc1-c1ccnc(OCc2ccccc2)c1. The minimum Gasteiger partial charge on any atom is -0.473 e. The number of ether oxygens (including phenoxy) is 1. The average Bonchev–Trinajstić information content (AvgIpc) is 3.08. The molecular formula is C20H17IN3OP. The van der Waals surface area contributed by atoms with Crippen molar-refractivity contribution >= 4 is 39.3 Å². The monoisotopic (exact) mass is 473 g/mol. The van der Waals surface area contributed by atoms with E-state index in [2.05, 4.69) is 51.2 Å². The normalized spacial score (nSPS) is 11.5. The van der Waals surface area contributed by atoms with Crippen LogP contribution in [0.15, 0.2) is 67.0 Å². The van der Waals surface area contributed by atoms with Crippen molar-refractivity contribution in [1.82, 2.24) is 14.5 Å². The van der Waals surface area contributed by atoms with Crippen LogP contribution in [0, 0.1) is 6.92 Å². The molecular weight excluding hydrogens is 456 g/mol. The summed E-state index contributed by atoms with van der Waals surface area (Å²) in [4.78, 5) is 4.36. The Morgan fingerprint density at radius 1 is 1.12 bits per heavy atom. The molecule has 0 bridgehead atoms. The first-order valence-electron chi connectivity index (χ1n) is 8.23. The molecule has 2 heterocycles. The lowest BCUT2D eigenvalue weighted by Gasteiger charge is -2.10. The number of hydrogen-bond acceptors (Lipinski definition) is 3. The zero-order valence-corrected chi connectivity index (χ0v) is 17.3. The highest BCUT2D eigenvalue weighted by molar-refractivity contribution is 14.2. The Labute approximate surface area is 166 Å². The van der Waals surface area contributed by atoms with Crippen LogP contribution in [-0.2, 0) is 6.61 Å². The zero-order chi connectivity index (χ0) is 17.9. The van der Waals surface area contributed by atoms with E-state index in [9.17, 15) is 0 Å². The Morgan fingerprint density at radius 2 is 1.96 bits per heavy atom. The number of aryl methyl sites for hydroxylation is 1. The summed E-state index contributed by atoms with van der Waals surface area (Å²) in [5.74, 6) is 0.634. The van der Waals surface area contributed by atoms with E-state index in [-0.39, 0.29) is 0 Å². The third kappa shape index (κ3) is 3.60. The summed E-state index contributed by atoms with van der Waals surface area (Å²) in [5, 5.41) is 5.63. The van der Waals surface area contributed by atoms with Crippen molar-refractivity contribution in [2.75, 3.05) is 0 Å². The number of benzene rings is 2. The highest BCUT2D eigenvalue weighted by Gasteiger charge is 2.10. The first-order valence-corrected chi connectivity index (χ1v) is 12.3. The molecule has 0 aliphatic heterocycles. The summed E-state index contributed by atoms with van der Waals surface area (Å²) in [6.45, 7) is 2.64. The molecule has 4 aromatic rings. The van der Waals surface area contributed by atoms with E-state index in [0.717, 1.165) is 16.6 Å². The van der Waals surface area contributed by atoms with Crippen molar-refractivity contribution in [2.45, 2.75) is 13.5 Å². The Balaban J connectivity index is 1.65. The number of fused-ring (bicyclic) bond motifs is 1. The fourth-order valence-electron chi connectivity index (χ4n) is 2.95. The first kappa shape index (κ1) is 17.4. The van der Waals surface area contributed by atoms with E-state index in [1.807, 2.05) is 53.1 Å². The molecule has 4 rings (SSSR count). The molecule has 2 aromatic heterocycles. The van der Waals surface area contributed by atoms with Gasteiger partial charge in [-0.15, -0.1) is 0 Å². The summed E-state index contributed by atoms with van der Waals surface area (Å²) < 4.78 is 7.92. The fraction of sp³-hybridized carbons (Fsp3) is 0.100. The van der Waals surface area contributed by atoms with Gasteiger partial charge in [-0.05, 0) is 69.4 Å². The van der Waals surface area contributed by atoms with Crippen molar-refractivity contribution < 1.29 is 4.74 Å². The lowest BCUT2D eigenvalue weighted by Crippen LogP contribution is -1.97. The van der Waals surface area contributed by atoms with Gasteiger partial charge in [0.05, 0.1) is 18.1 Å². The molecule has 0 saturated carbocycles. The molecule has 0 aliphatic carbocycles. The van der Waals surface area contributed by atoms with E-state index in [1.165, 1.54) is 16.5 Å². The average molecular weight is 473 g/mol. The topological polar surface area (TPSA) is 39.9 Å². The van der Waals surface area contributed by atoms with Gasteiger partial charge < -0.3 is 4.74 Å². The Kier molecular flexibility index (Phi) is 5.18. The van der Waals surface area contributed by atoms with E-state index in [1.54, 1.807) is 6.20 Å². The van der Waals surface area contributed by atoms with Crippen LogP contribution in [-0.4, -0.2) is 14.5 Å². The maximum absolute atomic E-state index is 5.88. The summed E-state index contributed by atoms with van der Waals surface area (Å²) in [7, 11) is 0. The van der Waals surface area contributed by atoms with Crippen LogP contribution in [0.25, 0.3) is 22.0 Å². The summed E-state index contributed by atoms with van der Waals surface area (Å²) in [5.41, 5.74) is 5.79. The number of pyridine rings is 1. The quantitative estimate of drug-likeness (QED) is 0.273. The number of aromatic nitrogens is 3. The molecule has 1 atom stereocenters. The summed E-state index contributed by atoms with van der Waals surface area (Å²) >= 11 is 2.35.